The van der Waals surface area contributed by atoms with Gasteiger partial charge in [0.15, 0.2) is 4.96 Å². The zero-order valence-electron chi connectivity index (χ0n) is 13.8. The molecule has 0 N–H and O–H groups in total. The minimum absolute atomic E-state index is 0.200. The predicted octanol–water partition coefficient (Wildman–Crippen LogP) is 2.79. The van der Waals surface area contributed by atoms with Gasteiger partial charge in [-0.3, -0.25) is 13.9 Å². The smallest absolute Gasteiger partial charge is 0.269 e. The van der Waals surface area contributed by atoms with Crippen LogP contribution in [0.25, 0.3) is 16.2 Å². The van der Waals surface area contributed by atoms with E-state index < -0.39 is 11.9 Å². The summed E-state index contributed by atoms with van der Waals surface area (Å²) in [6.45, 7) is 1.57. The van der Waals surface area contributed by atoms with Gasteiger partial charge < -0.3 is 0 Å². The Morgan fingerprint density at radius 2 is 1.96 bits per heavy atom. The quantitative estimate of drug-likeness (QED) is 0.536. The van der Waals surface area contributed by atoms with Gasteiger partial charge in [-0.15, -0.1) is 11.3 Å². The van der Waals surface area contributed by atoms with Crippen LogP contribution in [0.5, 0.6) is 0 Å². The molecule has 0 aliphatic heterocycles. The molecule has 27 heavy (non-hydrogen) atoms. The Labute approximate surface area is 153 Å². The van der Waals surface area contributed by atoms with E-state index in [2.05, 4.69) is 20.1 Å². The van der Waals surface area contributed by atoms with E-state index in [1.54, 1.807) is 12.4 Å². The van der Waals surface area contributed by atoms with Crippen molar-refractivity contribution >= 4 is 16.3 Å². The van der Waals surface area contributed by atoms with Gasteiger partial charge in [-0.05, 0) is 13.0 Å². The molecule has 0 aliphatic carbocycles. The van der Waals surface area contributed by atoms with E-state index in [1.165, 1.54) is 28.1 Å². The summed E-state index contributed by atoms with van der Waals surface area (Å²) in [7, 11) is 0. The predicted molar refractivity (Wildman–Crippen MR) is 91.4 cm³/mol. The van der Waals surface area contributed by atoms with Crippen LogP contribution in [0.3, 0.4) is 0 Å². The summed E-state index contributed by atoms with van der Waals surface area (Å²) in [6.07, 6.45) is 1.09. The number of thiazole rings is 1. The molecule has 0 saturated heterocycles. The number of alkyl halides is 3. The van der Waals surface area contributed by atoms with Gasteiger partial charge in [-0.2, -0.15) is 18.3 Å². The van der Waals surface area contributed by atoms with Crippen LogP contribution in [0, 0.1) is 6.92 Å². The van der Waals surface area contributed by atoms with E-state index in [0.29, 0.717) is 16.2 Å². The fraction of sp³-hybridized carbons (Fsp3) is 0.188. The number of hydrogen-bond donors (Lipinski definition) is 0. The van der Waals surface area contributed by atoms with Gasteiger partial charge in [0, 0.05) is 35.1 Å². The van der Waals surface area contributed by atoms with Crippen molar-refractivity contribution < 1.29 is 13.2 Å². The Morgan fingerprint density at radius 1 is 1.22 bits per heavy atom. The lowest BCUT2D eigenvalue weighted by atomic mass is 10.2. The molecular weight excluding hydrogens is 381 g/mol. The van der Waals surface area contributed by atoms with Crippen molar-refractivity contribution in [1.29, 1.82) is 0 Å². The highest BCUT2D eigenvalue weighted by atomic mass is 32.1. The zero-order chi connectivity index (χ0) is 19.2. The fourth-order valence-electron chi connectivity index (χ4n) is 2.81. The SMILES string of the molecule is Cc1sc2nc(Cn3nccc3C(F)(F)F)cc(=O)n2c1-c1cncnc1. The summed E-state index contributed by atoms with van der Waals surface area (Å²) < 4.78 is 41.2. The molecule has 0 radical (unpaired) electrons. The van der Waals surface area contributed by atoms with Crippen molar-refractivity contribution in [2.75, 3.05) is 0 Å². The van der Waals surface area contributed by atoms with Gasteiger partial charge in [0.2, 0.25) is 0 Å². The van der Waals surface area contributed by atoms with Crippen molar-refractivity contribution in [3.8, 4) is 11.3 Å². The largest absolute Gasteiger partial charge is 0.433 e. The monoisotopic (exact) mass is 392 g/mol. The molecule has 4 heterocycles. The molecule has 4 aromatic heterocycles. The standard InChI is InChI=1S/C16H11F3N6OS/c1-9-14(10-5-20-8-21-6-10)25-13(26)4-11(23-15(25)27-9)7-24-12(2-3-22-24)16(17,18)19/h2-6,8H,7H2,1H3. The van der Waals surface area contributed by atoms with Crippen molar-refractivity contribution in [2.24, 2.45) is 0 Å². The number of halogens is 3. The molecule has 7 nitrogen and oxygen atoms in total. The normalized spacial score (nSPS) is 12.0. The third-order valence-corrected chi connectivity index (χ3v) is 4.85. The summed E-state index contributed by atoms with van der Waals surface area (Å²) >= 11 is 1.27. The lowest BCUT2D eigenvalue weighted by molar-refractivity contribution is -0.144. The van der Waals surface area contributed by atoms with E-state index in [0.717, 1.165) is 21.8 Å². The molecule has 0 unspecified atom stereocenters. The molecule has 11 heteroatoms. The highest BCUT2D eigenvalue weighted by Crippen LogP contribution is 2.30. The Bertz CT molecular complexity index is 1180. The number of hydrogen-bond acceptors (Lipinski definition) is 6. The average Bonchev–Trinajstić information content (AvgIpc) is 3.19. The van der Waals surface area contributed by atoms with Crippen LogP contribution in [-0.2, 0) is 12.7 Å². The second-order valence-electron chi connectivity index (χ2n) is 5.71. The van der Waals surface area contributed by atoms with Crippen molar-refractivity contribution in [1.82, 2.24) is 29.1 Å². The first kappa shape index (κ1) is 17.3. The number of fused-ring (bicyclic) bond motifs is 1. The second kappa shape index (κ2) is 6.27. The molecular formula is C16H11F3N6OS. The summed E-state index contributed by atoms with van der Waals surface area (Å²) in [5, 5.41) is 3.69. The van der Waals surface area contributed by atoms with Crippen LogP contribution >= 0.6 is 11.3 Å². The van der Waals surface area contributed by atoms with E-state index >= 15 is 0 Å². The molecule has 0 atom stereocenters. The maximum Gasteiger partial charge on any atom is 0.433 e. The number of aromatic nitrogens is 6. The Morgan fingerprint density at radius 3 is 2.67 bits per heavy atom. The summed E-state index contributed by atoms with van der Waals surface area (Å²) in [5.41, 5.74) is 0.193. The zero-order valence-corrected chi connectivity index (χ0v) is 14.6. The molecule has 4 rings (SSSR count). The second-order valence-corrected chi connectivity index (χ2v) is 6.89. The molecule has 0 bridgehead atoms. The maximum atomic E-state index is 13.0. The van der Waals surface area contributed by atoms with E-state index in [4.69, 9.17) is 0 Å². The van der Waals surface area contributed by atoms with Gasteiger partial charge in [0.1, 0.15) is 12.0 Å². The lowest BCUT2D eigenvalue weighted by Gasteiger charge is -2.10. The number of aryl methyl sites for hydroxylation is 1. The van der Waals surface area contributed by atoms with Gasteiger partial charge >= 0.3 is 6.18 Å². The first-order valence-corrected chi connectivity index (χ1v) is 8.52. The average molecular weight is 392 g/mol. The van der Waals surface area contributed by atoms with Crippen LogP contribution in [0.4, 0.5) is 13.2 Å². The van der Waals surface area contributed by atoms with Crippen molar-refractivity contribution in [3.63, 3.8) is 0 Å². The maximum absolute atomic E-state index is 13.0. The topological polar surface area (TPSA) is 78.0 Å². The van der Waals surface area contributed by atoms with Crippen LogP contribution in [-0.4, -0.2) is 29.1 Å². The highest BCUT2D eigenvalue weighted by Gasteiger charge is 2.34. The van der Waals surface area contributed by atoms with Crippen LogP contribution < -0.4 is 5.56 Å². The molecule has 0 amide bonds. The molecule has 0 aromatic carbocycles. The van der Waals surface area contributed by atoms with E-state index in [-0.39, 0.29) is 17.8 Å². The van der Waals surface area contributed by atoms with Gasteiger partial charge in [0.05, 0.1) is 17.9 Å². The minimum atomic E-state index is -4.53. The summed E-state index contributed by atoms with van der Waals surface area (Å²) in [4.78, 5) is 26.1. The molecule has 0 saturated carbocycles. The fourth-order valence-corrected chi connectivity index (χ4v) is 3.83. The summed E-state index contributed by atoms with van der Waals surface area (Å²) in [6, 6.07) is 2.10. The number of rotatable bonds is 3. The molecule has 4 aromatic rings. The first-order valence-electron chi connectivity index (χ1n) is 7.71. The third kappa shape index (κ3) is 3.10. The number of nitrogens with zero attached hydrogens (tertiary/aromatic N) is 6. The Balaban J connectivity index is 1.81. The van der Waals surface area contributed by atoms with Crippen molar-refractivity contribution in [3.05, 3.63) is 63.7 Å². The van der Waals surface area contributed by atoms with Gasteiger partial charge in [-0.25, -0.2) is 15.0 Å². The Hall–Kier alpha value is -3.08. The van der Waals surface area contributed by atoms with Gasteiger partial charge in [-0.1, -0.05) is 0 Å². The van der Waals surface area contributed by atoms with Crippen LogP contribution in [0.2, 0.25) is 0 Å². The van der Waals surface area contributed by atoms with Gasteiger partial charge in [0.25, 0.3) is 5.56 Å². The lowest BCUT2D eigenvalue weighted by Crippen LogP contribution is -2.19. The first-order chi connectivity index (χ1) is 12.8. The highest BCUT2D eigenvalue weighted by molar-refractivity contribution is 7.17. The molecule has 0 aliphatic rings. The van der Waals surface area contributed by atoms with Crippen LogP contribution in [0.1, 0.15) is 16.3 Å². The molecule has 0 spiro atoms. The Kier molecular flexibility index (Phi) is 4.02. The minimum Gasteiger partial charge on any atom is -0.269 e. The van der Waals surface area contributed by atoms with E-state index in [9.17, 15) is 18.0 Å². The van der Waals surface area contributed by atoms with Crippen molar-refractivity contribution in [2.45, 2.75) is 19.6 Å². The third-order valence-electron chi connectivity index (χ3n) is 3.90. The molecule has 138 valence electrons. The van der Waals surface area contributed by atoms with Crippen LogP contribution in [0.15, 0.2) is 41.8 Å². The summed E-state index contributed by atoms with van der Waals surface area (Å²) in [5.74, 6) is 0. The molecule has 0 fully saturated rings. The van der Waals surface area contributed by atoms with E-state index in [1.807, 2.05) is 6.92 Å².